The van der Waals surface area contributed by atoms with Gasteiger partial charge in [-0.2, -0.15) is 0 Å². The zero-order valence-corrected chi connectivity index (χ0v) is 18.2. The maximum Gasteiger partial charge on any atom is 0.300 e. The Morgan fingerprint density at radius 3 is 2.23 bits per heavy atom. The average molecular weight is 462 g/mol. The van der Waals surface area contributed by atoms with Crippen LogP contribution in [-0.2, 0) is 9.59 Å². The van der Waals surface area contributed by atoms with Crippen LogP contribution in [0.15, 0.2) is 82.8 Å². The molecule has 3 aromatic carbocycles. The van der Waals surface area contributed by atoms with E-state index in [4.69, 9.17) is 0 Å². The van der Waals surface area contributed by atoms with Crippen molar-refractivity contribution >= 4 is 39.1 Å². The van der Waals surface area contributed by atoms with Gasteiger partial charge < -0.3 is 5.11 Å². The standard InChI is InChI=1S/C25H20BrNO3/c1-15-8-6-7-11-20(15)27-22(17-9-4-3-5-10-17)21(24(29)25(27)30)23(28)18-12-13-19(26)16(2)14-18/h3-14,22,28H,1-2H3/b23-21-. The predicted molar refractivity (Wildman–Crippen MR) is 121 cm³/mol. The molecule has 1 saturated heterocycles. The number of aryl methyl sites for hydroxylation is 2. The molecule has 1 aliphatic heterocycles. The molecule has 1 aliphatic rings. The Kier molecular flexibility index (Phi) is 5.31. The molecule has 0 spiro atoms. The lowest BCUT2D eigenvalue weighted by molar-refractivity contribution is -0.132. The molecule has 0 aliphatic carbocycles. The molecule has 0 saturated carbocycles. The molecule has 5 heteroatoms. The number of amides is 1. The minimum absolute atomic E-state index is 0.0937. The minimum atomic E-state index is -0.712. The fourth-order valence-corrected chi connectivity index (χ4v) is 4.06. The Balaban J connectivity index is 1.97. The number of anilines is 1. The van der Waals surface area contributed by atoms with Crippen LogP contribution in [0.2, 0.25) is 0 Å². The summed E-state index contributed by atoms with van der Waals surface area (Å²) < 4.78 is 0.902. The number of ketones is 1. The molecule has 30 heavy (non-hydrogen) atoms. The number of nitrogens with zero attached hydrogens (tertiary/aromatic N) is 1. The summed E-state index contributed by atoms with van der Waals surface area (Å²) in [5.41, 5.74) is 3.80. The number of hydrogen-bond donors (Lipinski definition) is 1. The summed E-state index contributed by atoms with van der Waals surface area (Å²) in [4.78, 5) is 27.8. The minimum Gasteiger partial charge on any atom is -0.507 e. The Morgan fingerprint density at radius 2 is 1.57 bits per heavy atom. The summed E-state index contributed by atoms with van der Waals surface area (Å²) in [6.45, 7) is 3.80. The van der Waals surface area contributed by atoms with Crippen LogP contribution in [0.4, 0.5) is 5.69 Å². The number of hydrogen-bond acceptors (Lipinski definition) is 3. The van der Waals surface area contributed by atoms with Gasteiger partial charge in [0.2, 0.25) is 0 Å². The third-order valence-corrected chi connectivity index (χ3v) is 6.26. The van der Waals surface area contributed by atoms with E-state index in [-0.39, 0.29) is 11.3 Å². The topological polar surface area (TPSA) is 57.6 Å². The van der Waals surface area contributed by atoms with Crippen molar-refractivity contribution in [3.63, 3.8) is 0 Å². The van der Waals surface area contributed by atoms with Crippen molar-refractivity contribution in [3.8, 4) is 0 Å². The highest BCUT2D eigenvalue weighted by molar-refractivity contribution is 9.10. The maximum atomic E-state index is 13.1. The third kappa shape index (κ3) is 3.35. The van der Waals surface area contributed by atoms with Gasteiger partial charge in [-0.15, -0.1) is 0 Å². The summed E-state index contributed by atoms with van der Waals surface area (Å²) >= 11 is 3.45. The molecule has 1 unspecified atom stereocenters. The van der Waals surface area contributed by atoms with Crippen LogP contribution in [-0.4, -0.2) is 16.8 Å². The second kappa shape index (κ2) is 7.92. The molecule has 0 radical (unpaired) electrons. The molecule has 0 bridgehead atoms. The van der Waals surface area contributed by atoms with Crippen molar-refractivity contribution in [2.24, 2.45) is 0 Å². The number of aliphatic hydroxyl groups is 1. The number of benzene rings is 3. The number of Topliss-reactive ketones (excluding diaryl/α,β-unsaturated/α-hetero) is 1. The van der Waals surface area contributed by atoms with E-state index in [0.29, 0.717) is 11.3 Å². The highest BCUT2D eigenvalue weighted by atomic mass is 79.9. The van der Waals surface area contributed by atoms with Crippen LogP contribution in [0.25, 0.3) is 5.76 Å². The normalized spacial score (nSPS) is 18.1. The highest BCUT2D eigenvalue weighted by Gasteiger charge is 2.47. The van der Waals surface area contributed by atoms with Crippen LogP contribution in [0.3, 0.4) is 0 Å². The second-order valence-electron chi connectivity index (χ2n) is 7.33. The monoisotopic (exact) mass is 461 g/mol. The number of carbonyl (C=O) groups is 2. The first-order chi connectivity index (χ1) is 14.4. The molecular weight excluding hydrogens is 442 g/mol. The largest absolute Gasteiger partial charge is 0.507 e. The lowest BCUT2D eigenvalue weighted by atomic mass is 9.94. The first kappa shape index (κ1) is 20.1. The van der Waals surface area contributed by atoms with E-state index in [2.05, 4.69) is 15.9 Å². The molecule has 1 fully saturated rings. The van der Waals surface area contributed by atoms with Crippen molar-refractivity contribution in [1.82, 2.24) is 0 Å². The molecular formula is C25H20BrNO3. The number of carbonyl (C=O) groups excluding carboxylic acids is 2. The fourth-order valence-electron chi connectivity index (χ4n) is 3.81. The summed E-state index contributed by atoms with van der Waals surface area (Å²) in [7, 11) is 0. The molecule has 4 rings (SSSR count). The molecule has 1 heterocycles. The first-order valence-corrected chi connectivity index (χ1v) is 10.4. The van der Waals surface area contributed by atoms with Gasteiger partial charge in [-0.3, -0.25) is 14.5 Å². The molecule has 4 nitrogen and oxygen atoms in total. The molecule has 1 N–H and O–H groups in total. The fraction of sp³-hybridized carbons (Fsp3) is 0.120. The SMILES string of the molecule is Cc1cc(/C(O)=C2/C(=O)C(=O)N(c3ccccc3C)C2c2ccccc2)ccc1Br. The zero-order valence-electron chi connectivity index (χ0n) is 16.6. The highest BCUT2D eigenvalue weighted by Crippen LogP contribution is 2.43. The van der Waals surface area contributed by atoms with Crippen molar-refractivity contribution in [2.45, 2.75) is 19.9 Å². The molecule has 3 aromatic rings. The first-order valence-electron chi connectivity index (χ1n) is 9.58. The van der Waals surface area contributed by atoms with Gasteiger partial charge in [0.15, 0.2) is 0 Å². The third-order valence-electron chi connectivity index (χ3n) is 5.37. The van der Waals surface area contributed by atoms with Gasteiger partial charge in [-0.25, -0.2) is 0 Å². The van der Waals surface area contributed by atoms with E-state index < -0.39 is 17.7 Å². The van der Waals surface area contributed by atoms with Gasteiger partial charge in [-0.1, -0.05) is 70.5 Å². The lowest BCUT2D eigenvalue weighted by Crippen LogP contribution is -2.30. The van der Waals surface area contributed by atoms with Crippen molar-refractivity contribution in [3.05, 3.63) is 105 Å². The Labute approximate surface area is 183 Å². The summed E-state index contributed by atoms with van der Waals surface area (Å²) in [5, 5.41) is 11.2. The van der Waals surface area contributed by atoms with E-state index in [1.54, 1.807) is 12.1 Å². The molecule has 1 atom stereocenters. The van der Waals surface area contributed by atoms with Gasteiger partial charge in [-0.05, 0) is 48.7 Å². The van der Waals surface area contributed by atoms with Crippen LogP contribution < -0.4 is 4.90 Å². The Morgan fingerprint density at radius 1 is 0.900 bits per heavy atom. The maximum absolute atomic E-state index is 13.1. The average Bonchev–Trinajstić information content (AvgIpc) is 3.01. The summed E-state index contributed by atoms with van der Waals surface area (Å²) in [6, 6.07) is 21.4. The van der Waals surface area contributed by atoms with Gasteiger partial charge in [0, 0.05) is 15.7 Å². The Bertz CT molecular complexity index is 1180. The Hall–Kier alpha value is -3.18. The van der Waals surface area contributed by atoms with Crippen molar-refractivity contribution in [2.75, 3.05) is 4.90 Å². The number of aliphatic hydroxyl groups excluding tert-OH is 1. The van der Waals surface area contributed by atoms with Crippen LogP contribution in [0.1, 0.15) is 28.3 Å². The van der Waals surface area contributed by atoms with E-state index in [0.717, 1.165) is 21.2 Å². The number of para-hydroxylation sites is 1. The lowest BCUT2D eigenvalue weighted by Gasteiger charge is -2.26. The van der Waals surface area contributed by atoms with Gasteiger partial charge >= 0.3 is 0 Å². The van der Waals surface area contributed by atoms with E-state index >= 15 is 0 Å². The molecule has 1 amide bonds. The predicted octanol–water partition coefficient (Wildman–Crippen LogP) is 5.69. The molecule has 0 aromatic heterocycles. The van der Waals surface area contributed by atoms with Crippen LogP contribution >= 0.6 is 15.9 Å². The van der Waals surface area contributed by atoms with Crippen molar-refractivity contribution < 1.29 is 14.7 Å². The van der Waals surface area contributed by atoms with Crippen molar-refractivity contribution in [1.29, 1.82) is 0 Å². The van der Waals surface area contributed by atoms with Gasteiger partial charge in [0.1, 0.15) is 5.76 Å². The van der Waals surface area contributed by atoms with E-state index in [1.807, 2.05) is 74.5 Å². The number of halogens is 1. The summed E-state index contributed by atoms with van der Waals surface area (Å²) in [6.07, 6.45) is 0. The number of rotatable bonds is 3. The second-order valence-corrected chi connectivity index (χ2v) is 8.18. The zero-order chi connectivity index (χ0) is 21.4. The van der Waals surface area contributed by atoms with E-state index in [9.17, 15) is 14.7 Å². The van der Waals surface area contributed by atoms with E-state index in [1.165, 1.54) is 4.90 Å². The van der Waals surface area contributed by atoms with Gasteiger partial charge in [0.05, 0.1) is 11.6 Å². The van der Waals surface area contributed by atoms with Gasteiger partial charge in [0.25, 0.3) is 11.7 Å². The smallest absolute Gasteiger partial charge is 0.300 e. The quantitative estimate of drug-likeness (QED) is 0.309. The summed E-state index contributed by atoms with van der Waals surface area (Å²) in [5.74, 6) is -1.51. The molecule has 150 valence electrons. The van der Waals surface area contributed by atoms with Crippen LogP contribution in [0, 0.1) is 13.8 Å². The van der Waals surface area contributed by atoms with Crippen LogP contribution in [0.5, 0.6) is 0 Å².